The molecule has 2 heterocycles. The van der Waals surface area contributed by atoms with Crippen molar-refractivity contribution < 1.29 is 4.79 Å². The first-order chi connectivity index (χ1) is 12.8. The standard InChI is InChI=1S/C21H34N4O.2ClH/c1-2-13-25(20-8-11-22-12-9-20)21(26)10-14-23-15-17-24(18-16-23)19-6-4-3-5-7-19;;/h3-7,20,22H,2,8-18H2,1H3;2*1H. The van der Waals surface area contributed by atoms with Crippen molar-refractivity contribution in [3.8, 4) is 0 Å². The smallest absolute Gasteiger partial charge is 0.224 e. The van der Waals surface area contributed by atoms with Gasteiger partial charge in [-0.25, -0.2) is 0 Å². The minimum Gasteiger partial charge on any atom is -0.369 e. The van der Waals surface area contributed by atoms with Crippen LogP contribution < -0.4 is 10.2 Å². The van der Waals surface area contributed by atoms with Gasteiger partial charge in [0.05, 0.1) is 0 Å². The molecule has 0 aliphatic carbocycles. The van der Waals surface area contributed by atoms with Crippen molar-refractivity contribution in [1.82, 2.24) is 15.1 Å². The normalized spacial score (nSPS) is 18.1. The van der Waals surface area contributed by atoms with Gasteiger partial charge in [0.25, 0.3) is 0 Å². The lowest BCUT2D eigenvalue weighted by Crippen LogP contribution is -2.49. The van der Waals surface area contributed by atoms with Gasteiger partial charge >= 0.3 is 0 Å². The molecule has 0 unspecified atom stereocenters. The van der Waals surface area contributed by atoms with Crippen molar-refractivity contribution in [3.63, 3.8) is 0 Å². The first kappa shape index (κ1) is 25.0. The van der Waals surface area contributed by atoms with Crippen LogP contribution in [0.25, 0.3) is 0 Å². The van der Waals surface area contributed by atoms with Crippen molar-refractivity contribution in [2.24, 2.45) is 0 Å². The van der Waals surface area contributed by atoms with Crippen LogP contribution in [0, 0.1) is 0 Å². The molecule has 2 fully saturated rings. The summed E-state index contributed by atoms with van der Waals surface area (Å²) in [6.45, 7) is 10.2. The second kappa shape index (κ2) is 13.3. The largest absolute Gasteiger partial charge is 0.369 e. The van der Waals surface area contributed by atoms with Crippen LogP contribution in [-0.4, -0.2) is 74.1 Å². The molecule has 2 saturated heterocycles. The van der Waals surface area contributed by atoms with Crippen LogP contribution in [0.1, 0.15) is 32.6 Å². The monoisotopic (exact) mass is 430 g/mol. The number of hydrogen-bond acceptors (Lipinski definition) is 4. The van der Waals surface area contributed by atoms with Crippen LogP contribution >= 0.6 is 24.8 Å². The Hall–Kier alpha value is -1.01. The summed E-state index contributed by atoms with van der Waals surface area (Å²) in [5.41, 5.74) is 1.31. The molecular weight excluding hydrogens is 395 g/mol. The Bertz CT molecular complexity index is 547. The third-order valence-corrected chi connectivity index (χ3v) is 5.67. The molecule has 1 N–H and O–H groups in total. The van der Waals surface area contributed by atoms with E-state index in [1.807, 2.05) is 0 Å². The number of nitrogens with zero attached hydrogens (tertiary/aromatic N) is 3. The van der Waals surface area contributed by atoms with Gasteiger partial charge in [-0.2, -0.15) is 0 Å². The number of piperidine rings is 1. The molecule has 28 heavy (non-hydrogen) atoms. The zero-order valence-corrected chi connectivity index (χ0v) is 18.6. The number of anilines is 1. The van der Waals surface area contributed by atoms with Gasteiger partial charge in [0.2, 0.25) is 5.91 Å². The number of benzene rings is 1. The highest BCUT2D eigenvalue weighted by Crippen LogP contribution is 2.17. The highest BCUT2D eigenvalue weighted by Gasteiger charge is 2.25. The van der Waals surface area contributed by atoms with Gasteiger partial charge in [-0.05, 0) is 44.5 Å². The Kier molecular flexibility index (Phi) is 11.8. The number of nitrogens with one attached hydrogen (secondary N) is 1. The number of amides is 1. The van der Waals surface area contributed by atoms with Gasteiger partial charge in [0.15, 0.2) is 0 Å². The summed E-state index contributed by atoms with van der Waals surface area (Å²) in [5.74, 6) is 0.351. The summed E-state index contributed by atoms with van der Waals surface area (Å²) in [5, 5.41) is 3.40. The molecule has 160 valence electrons. The molecule has 7 heteroatoms. The minimum atomic E-state index is 0. The van der Waals surface area contributed by atoms with Gasteiger partial charge in [-0.3, -0.25) is 9.69 Å². The predicted molar refractivity (Wildman–Crippen MR) is 122 cm³/mol. The van der Waals surface area contributed by atoms with Crippen LogP contribution in [0.2, 0.25) is 0 Å². The second-order valence-corrected chi connectivity index (χ2v) is 7.48. The van der Waals surface area contributed by atoms with E-state index in [-0.39, 0.29) is 24.8 Å². The summed E-state index contributed by atoms with van der Waals surface area (Å²) in [6, 6.07) is 11.1. The van der Waals surface area contributed by atoms with Gasteiger partial charge in [-0.1, -0.05) is 25.1 Å². The summed E-state index contributed by atoms with van der Waals surface area (Å²) in [6.07, 6.45) is 3.91. The first-order valence-corrected chi connectivity index (χ1v) is 10.3. The van der Waals surface area contributed by atoms with Crippen LogP contribution in [-0.2, 0) is 4.79 Å². The van der Waals surface area contributed by atoms with E-state index in [1.54, 1.807) is 0 Å². The summed E-state index contributed by atoms with van der Waals surface area (Å²) >= 11 is 0. The third-order valence-electron chi connectivity index (χ3n) is 5.67. The van der Waals surface area contributed by atoms with Crippen molar-refractivity contribution in [1.29, 1.82) is 0 Å². The van der Waals surface area contributed by atoms with Gasteiger partial charge < -0.3 is 15.1 Å². The molecule has 0 aromatic heterocycles. The zero-order chi connectivity index (χ0) is 18.2. The Labute approximate surface area is 182 Å². The molecule has 0 bridgehead atoms. The van der Waals surface area contributed by atoms with Gasteiger partial charge in [0, 0.05) is 57.4 Å². The molecule has 0 spiro atoms. The molecule has 2 aliphatic rings. The highest BCUT2D eigenvalue weighted by molar-refractivity contribution is 5.85. The Balaban J connectivity index is 0.00000196. The first-order valence-electron chi connectivity index (χ1n) is 10.3. The maximum Gasteiger partial charge on any atom is 0.224 e. The van der Waals surface area contributed by atoms with Gasteiger partial charge in [0.1, 0.15) is 0 Å². The molecule has 0 saturated carbocycles. The second-order valence-electron chi connectivity index (χ2n) is 7.48. The maximum atomic E-state index is 12.8. The average Bonchev–Trinajstić information content (AvgIpc) is 2.72. The quantitative estimate of drug-likeness (QED) is 0.721. The van der Waals surface area contributed by atoms with Crippen molar-refractivity contribution >= 4 is 36.4 Å². The molecule has 5 nitrogen and oxygen atoms in total. The Morgan fingerprint density at radius 3 is 2.32 bits per heavy atom. The van der Waals surface area contributed by atoms with E-state index in [1.165, 1.54) is 5.69 Å². The van der Waals surface area contributed by atoms with E-state index >= 15 is 0 Å². The fourth-order valence-corrected chi connectivity index (χ4v) is 4.14. The molecule has 1 aromatic carbocycles. The number of rotatable bonds is 7. The van der Waals surface area contributed by atoms with Gasteiger partial charge in [-0.15, -0.1) is 24.8 Å². The van der Waals surface area contributed by atoms with E-state index < -0.39 is 0 Å². The number of halogens is 2. The van der Waals surface area contributed by atoms with Crippen molar-refractivity contribution in [2.75, 3.05) is 57.3 Å². The lowest BCUT2D eigenvalue weighted by molar-refractivity contribution is -0.134. The predicted octanol–water partition coefficient (Wildman–Crippen LogP) is 3.03. The highest BCUT2D eigenvalue weighted by atomic mass is 35.5. The van der Waals surface area contributed by atoms with E-state index in [9.17, 15) is 4.79 Å². The van der Waals surface area contributed by atoms with E-state index in [2.05, 4.69) is 57.3 Å². The number of hydrogen-bond donors (Lipinski definition) is 1. The number of carbonyl (C=O) groups is 1. The summed E-state index contributed by atoms with van der Waals surface area (Å²) < 4.78 is 0. The molecule has 1 aromatic rings. The molecule has 1 amide bonds. The number of piperazine rings is 1. The van der Waals surface area contributed by atoms with Crippen molar-refractivity contribution in [2.45, 2.75) is 38.6 Å². The number of para-hydroxylation sites is 1. The summed E-state index contributed by atoms with van der Waals surface area (Å²) in [4.78, 5) is 19.9. The van der Waals surface area contributed by atoms with Crippen molar-refractivity contribution in [3.05, 3.63) is 30.3 Å². The fraction of sp³-hybridized carbons (Fsp3) is 0.667. The third kappa shape index (κ3) is 7.11. The lowest BCUT2D eigenvalue weighted by atomic mass is 10.0. The fourth-order valence-electron chi connectivity index (χ4n) is 4.14. The molecule has 2 aliphatic heterocycles. The summed E-state index contributed by atoms with van der Waals surface area (Å²) in [7, 11) is 0. The zero-order valence-electron chi connectivity index (χ0n) is 17.0. The van der Waals surface area contributed by atoms with E-state index in [4.69, 9.17) is 0 Å². The molecular formula is C21H36Cl2N4O. The van der Waals surface area contributed by atoms with Crippen LogP contribution in [0.4, 0.5) is 5.69 Å². The molecule has 0 atom stereocenters. The molecule has 0 radical (unpaired) electrons. The van der Waals surface area contributed by atoms with Crippen LogP contribution in [0.15, 0.2) is 30.3 Å². The van der Waals surface area contributed by atoms with Crippen LogP contribution in [0.3, 0.4) is 0 Å². The van der Waals surface area contributed by atoms with E-state index in [0.717, 1.165) is 71.6 Å². The topological polar surface area (TPSA) is 38.8 Å². The SMILES string of the molecule is CCCN(C(=O)CCN1CCN(c2ccccc2)CC1)C1CCNCC1.Cl.Cl. The number of carbonyl (C=O) groups excluding carboxylic acids is 1. The Morgan fingerprint density at radius 1 is 1.07 bits per heavy atom. The van der Waals surface area contributed by atoms with E-state index in [0.29, 0.717) is 18.4 Å². The average molecular weight is 431 g/mol. The minimum absolute atomic E-state index is 0. The molecule has 3 rings (SSSR count). The van der Waals surface area contributed by atoms with Crippen LogP contribution in [0.5, 0.6) is 0 Å². The Morgan fingerprint density at radius 2 is 1.71 bits per heavy atom. The lowest BCUT2D eigenvalue weighted by Gasteiger charge is -2.37. The maximum absolute atomic E-state index is 12.8.